The van der Waals surface area contributed by atoms with Gasteiger partial charge in [0, 0.05) is 36.3 Å². The van der Waals surface area contributed by atoms with Crippen LogP contribution in [0, 0.1) is 0 Å². The molecule has 25 heavy (non-hydrogen) atoms. The molecule has 0 saturated carbocycles. The lowest BCUT2D eigenvalue weighted by Crippen LogP contribution is -2.32. The van der Waals surface area contributed by atoms with Crippen molar-refractivity contribution in [2.75, 3.05) is 13.1 Å². The summed E-state index contributed by atoms with van der Waals surface area (Å²) in [5.41, 5.74) is 2.36. The van der Waals surface area contributed by atoms with Crippen LogP contribution in [-0.2, 0) is 13.1 Å². The minimum Gasteiger partial charge on any atom is -0.299 e. The maximum Gasteiger partial charge on any atom is 0.181 e. The Hall–Kier alpha value is -2.47. The number of nitrogens with one attached hydrogen (secondary N) is 1. The van der Waals surface area contributed by atoms with Gasteiger partial charge in [0.25, 0.3) is 0 Å². The van der Waals surface area contributed by atoms with Crippen molar-refractivity contribution in [3.05, 3.63) is 54.1 Å². The van der Waals surface area contributed by atoms with Gasteiger partial charge >= 0.3 is 0 Å². The van der Waals surface area contributed by atoms with Crippen molar-refractivity contribution in [2.24, 2.45) is 0 Å². The average molecular weight is 336 g/mol. The summed E-state index contributed by atoms with van der Waals surface area (Å²) in [6.07, 6.45) is 6.36. The van der Waals surface area contributed by atoms with E-state index in [1.165, 1.54) is 5.56 Å². The van der Waals surface area contributed by atoms with Crippen molar-refractivity contribution >= 4 is 0 Å². The second-order valence-corrected chi connectivity index (χ2v) is 6.66. The molecule has 1 aliphatic rings. The van der Waals surface area contributed by atoms with Gasteiger partial charge in [-0.05, 0) is 32.9 Å². The maximum atomic E-state index is 4.73. The van der Waals surface area contributed by atoms with Crippen LogP contribution >= 0.6 is 0 Å². The molecule has 0 spiro atoms. The van der Waals surface area contributed by atoms with Gasteiger partial charge in [-0.15, -0.1) is 0 Å². The van der Waals surface area contributed by atoms with Gasteiger partial charge in [-0.1, -0.05) is 30.3 Å². The highest BCUT2D eigenvalue weighted by atomic mass is 15.3. The normalized spacial score (nSPS) is 16.4. The van der Waals surface area contributed by atoms with E-state index in [9.17, 15) is 0 Å². The third-order valence-electron chi connectivity index (χ3n) is 4.93. The third-order valence-corrected chi connectivity index (χ3v) is 4.93. The standard InChI is InChI=1S/C19H24N6/c1-2-25-14-15(12-20-25)13-24-10-8-17(9-11-24)19-21-18(22-23-19)16-6-4-3-5-7-16/h3-7,12,14,17H,2,8-11,13H2,1H3,(H,21,22,23). The number of hydrogen-bond donors (Lipinski definition) is 1. The molecule has 6 nitrogen and oxygen atoms in total. The van der Waals surface area contributed by atoms with E-state index in [0.717, 1.165) is 56.2 Å². The molecule has 1 fully saturated rings. The molecule has 1 aliphatic heterocycles. The quantitative estimate of drug-likeness (QED) is 0.778. The second-order valence-electron chi connectivity index (χ2n) is 6.66. The number of aryl methyl sites for hydroxylation is 1. The van der Waals surface area contributed by atoms with E-state index in [1.54, 1.807) is 0 Å². The number of hydrogen-bond acceptors (Lipinski definition) is 4. The highest BCUT2D eigenvalue weighted by Crippen LogP contribution is 2.27. The molecule has 0 radical (unpaired) electrons. The Balaban J connectivity index is 1.35. The Kier molecular flexibility index (Phi) is 4.61. The predicted molar refractivity (Wildman–Crippen MR) is 97.0 cm³/mol. The molecule has 0 amide bonds. The summed E-state index contributed by atoms with van der Waals surface area (Å²) in [6, 6.07) is 10.1. The fourth-order valence-corrected chi connectivity index (χ4v) is 3.46. The molecule has 130 valence electrons. The zero-order chi connectivity index (χ0) is 17.1. The van der Waals surface area contributed by atoms with Gasteiger partial charge in [0.15, 0.2) is 5.82 Å². The van der Waals surface area contributed by atoms with Gasteiger partial charge in [-0.2, -0.15) is 10.2 Å². The van der Waals surface area contributed by atoms with E-state index in [1.807, 2.05) is 41.2 Å². The summed E-state index contributed by atoms with van der Waals surface area (Å²) >= 11 is 0. The largest absolute Gasteiger partial charge is 0.299 e. The van der Waals surface area contributed by atoms with Crippen molar-refractivity contribution in [1.29, 1.82) is 0 Å². The van der Waals surface area contributed by atoms with Crippen LogP contribution in [0.5, 0.6) is 0 Å². The van der Waals surface area contributed by atoms with Crippen LogP contribution in [0.3, 0.4) is 0 Å². The fourth-order valence-electron chi connectivity index (χ4n) is 3.46. The monoisotopic (exact) mass is 336 g/mol. The lowest BCUT2D eigenvalue weighted by Gasteiger charge is -2.30. The number of nitrogens with zero attached hydrogens (tertiary/aromatic N) is 5. The highest BCUT2D eigenvalue weighted by Gasteiger charge is 2.23. The summed E-state index contributed by atoms with van der Waals surface area (Å²) in [7, 11) is 0. The molecule has 0 unspecified atom stereocenters. The number of benzene rings is 1. The first kappa shape index (κ1) is 16.0. The van der Waals surface area contributed by atoms with E-state index in [2.05, 4.69) is 33.3 Å². The van der Waals surface area contributed by atoms with Gasteiger partial charge in [-0.25, -0.2) is 4.98 Å². The van der Waals surface area contributed by atoms with E-state index >= 15 is 0 Å². The highest BCUT2D eigenvalue weighted by molar-refractivity contribution is 5.53. The molecule has 3 aromatic rings. The van der Waals surface area contributed by atoms with Crippen LogP contribution < -0.4 is 0 Å². The van der Waals surface area contributed by atoms with Crippen molar-refractivity contribution in [1.82, 2.24) is 29.9 Å². The summed E-state index contributed by atoms with van der Waals surface area (Å²) in [5, 5.41) is 11.9. The van der Waals surface area contributed by atoms with Gasteiger partial charge in [0.05, 0.1) is 6.20 Å². The maximum absolute atomic E-state index is 4.73. The van der Waals surface area contributed by atoms with E-state index in [-0.39, 0.29) is 0 Å². The summed E-state index contributed by atoms with van der Waals surface area (Å²) < 4.78 is 1.99. The Labute approximate surface area is 147 Å². The SMILES string of the molecule is CCn1cc(CN2CCC(c3nc(-c4ccccc4)n[nH]3)CC2)cn1. The minimum absolute atomic E-state index is 0.472. The van der Waals surface area contributed by atoms with E-state index < -0.39 is 0 Å². The van der Waals surface area contributed by atoms with Crippen LogP contribution in [0.25, 0.3) is 11.4 Å². The molecule has 1 N–H and O–H groups in total. The number of likely N-dealkylation sites (tertiary alicyclic amines) is 1. The topological polar surface area (TPSA) is 62.6 Å². The number of aromatic nitrogens is 5. The average Bonchev–Trinajstić information content (AvgIpc) is 3.33. The smallest absolute Gasteiger partial charge is 0.181 e. The van der Waals surface area contributed by atoms with Crippen molar-refractivity contribution in [2.45, 2.75) is 38.8 Å². The molecular formula is C19H24N6. The van der Waals surface area contributed by atoms with E-state index in [4.69, 9.17) is 4.98 Å². The summed E-state index contributed by atoms with van der Waals surface area (Å²) in [6.45, 7) is 6.20. The van der Waals surface area contributed by atoms with Crippen LogP contribution in [0.2, 0.25) is 0 Å². The lowest BCUT2D eigenvalue weighted by atomic mass is 9.96. The van der Waals surface area contributed by atoms with Crippen LogP contribution in [-0.4, -0.2) is 43.0 Å². The van der Waals surface area contributed by atoms with Crippen LogP contribution in [0.15, 0.2) is 42.7 Å². The van der Waals surface area contributed by atoms with Crippen molar-refractivity contribution < 1.29 is 0 Å². The number of piperidine rings is 1. The first-order chi connectivity index (χ1) is 12.3. The minimum atomic E-state index is 0.472. The van der Waals surface area contributed by atoms with Crippen LogP contribution in [0.1, 0.15) is 37.1 Å². The first-order valence-electron chi connectivity index (χ1n) is 9.03. The number of rotatable bonds is 5. The number of H-pyrrole nitrogens is 1. The van der Waals surface area contributed by atoms with Crippen molar-refractivity contribution in [3.63, 3.8) is 0 Å². The molecule has 0 aliphatic carbocycles. The third kappa shape index (κ3) is 3.64. The second kappa shape index (κ2) is 7.19. The van der Waals surface area contributed by atoms with Crippen molar-refractivity contribution in [3.8, 4) is 11.4 Å². The first-order valence-corrected chi connectivity index (χ1v) is 9.03. The lowest BCUT2D eigenvalue weighted by molar-refractivity contribution is 0.202. The summed E-state index contributed by atoms with van der Waals surface area (Å²) in [5.74, 6) is 2.29. The van der Waals surface area contributed by atoms with E-state index in [0.29, 0.717) is 5.92 Å². The van der Waals surface area contributed by atoms with Gasteiger partial charge in [0.1, 0.15) is 5.82 Å². The Bertz CT molecular complexity index is 798. The molecule has 4 rings (SSSR count). The van der Waals surface area contributed by atoms with Gasteiger partial charge < -0.3 is 0 Å². The Morgan fingerprint density at radius 2 is 1.96 bits per heavy atom. The fraction of sp³-hybridized carbons (Fsp3) is 0.421. The molecule has 6 heteroatoms. The summed E-state index contributed by atoms with van der Waals surface area (Å²) in [4.78, 5) is 7.23. The zero-order valence-electron chi connectivity index (χ0n) is 14.6. The molecule has 1 aromatic carbocycles. The molecule has 3 heterocycles. The zero-order valence-corrected chi connectivity index (χ0v) is 14.6. The Morgan fingerprint density at radius 1 is 1.16 bits per heavy atom. The molecule has 0 bridgehead atoms. The van der Waals surface area contributed by atoms with Gasteiger partial charge in [0.2, 0.25) is 0 Å². The molecular weight excluding hydrogens is 312 g/mol. The number of aromatic amines is 1. The molecule has 1 saturated heterocycles. The van der Waals surface area contributed by atoms with Gasteiger partial charge in [-0.3, -0.25) is 14.7 Å². The molecule has 0 atom stereocenters. The van der Waals surface area contributed by atoms with Crippen LogP contribution in [0.4, 0.5) is 0 Å². The Morgan fingerprint density at radius 3 is 2.68 bits per heavy atom. The molecule has 2 aromatic heterocycles. The predicted octanol–water partition coefficient (Wildman–Crippen LogP) is 3.07.